The Kier molecular flexibility index (Phi) is 65.8. The number of rotatable bonds is 48. The van der Waals surface area contributed by atoms with E-state index in [-0.39, 0.29) is 0 Å². The highest BCUT2D eigenvalue weighted by atomic mass is 14.4. The van der Waals surface area contributed by atoms with E-state index in [4.69, 9.17) is 0 Å². The molecule has 0 heteroatoms. The van der Waals surface area contributed by atoms with Crippen LogP contribution in [-0.2, 0) is 0 Å². The first-order chi connectivity index (χ1) is 38.0. The van der Waals surface area contributed by atoms with Crippen molar-refractivity contribution >= 4 is 0 Å². The minimum atomic E-state index is 0.573. The summed E-state index contributed by atoms with van der Waals surface area (Å²) in [6.45, 7) is 64.4. The zero-order valence-electron chi connectivity index (χ0n) is 62.4. The van der Waals surface area contributed by atoms with Gasteiger partial charge in [-0.25, -0.2) is 0 Å². The van der Waals surface area contributed by atoms with E-state index in [1.54, 1.807) is 0 Å². The van der Waals surface area contributed by atoms with Crippen molar-refractivity contribution in [3.63, 3.8) is 0 Å². The SMILES string of the molecule is CCCCC(C)(CC)C(CCC)C(C)CC.CCCCC(C)C(C)C(C)(CC)CCCC.CCCCC(CC)CC(C)(CC)CCCC.CCCCC(CC)CC(C)C(C)CCCC.CCCCC(CC)CC(CCC)C(C)CC. The zero-order valence-corrected chi connectivity index (χ0v) is 62.4. The van der Waals surface area contributed by atoms with Gasteiger partial charge in [0.15, 0.2) is 0 Å². The molecule has 0 aliphatic rings. The fourth-order valence-electron chi connectivity index (χ4n) is 13.9. The second-order valence-corrected chi connectivity index (χ2v) is 29.1. The third-order valence-corrected chi connectivity index (χ3v) is 22.4. The highest BCUT2D eigenvalue weighted by Gasteiger charge is 2.34. The Hall–Kier alpha value is 0. The van der Waals surface area contributed by atoms with Crippen LogP contribution in [0, 0.1) is 81.3 Å². The number of unbranched alkanes of at least 4 members (excludes halogenated alkanes) is 8. The first-order valence-electron chi connectivity index (χ1n) is 38.0. The maximum absolute atomic E-state index is 2.54. The molecule has 0 aromatic carbocycles. The molecule has 0 N–H and O–H groups in total. The lowest BCUT2D eigenvalue weighted by Gasteiger charge is -2.41. The fraction of sp³-hybridized carbons (Fsp3) is 1.00. The van der Waals surface area contributed by atoms with Crippen molar-refractivity contribution in [1.82, 2.24) is 0 Å². The normalized spacial score (nSPS) is 17.9. The molecule has 0 radical (unpaired) electrons. The van der Waals surface area contributed by atoms with Crippen LogP contribution in [0.4, 0.5) is 0 Å². The summed E-state index contributed by atoms with van der Waals surface area (Å²) in [6, 6.07) is 0. The lowest BCUT2D eigenvalue weighted by atomic mass is 9.64. The molecule has 490 valence electrons. The minimum absolute atomic E-state index is 0.573. The molecule has 0 bridgehead atoms. The van der Waals surface area contributed by atoms with Crippen LogP contribution in [0.5, 0.6) is 0 Å². The summed E-state index contributed by atoms with van der Waals surface area (Å²) in [5, 5.41) is 0. The zero-order chi connectivity index (χ0) is 62.4. The van der Waals surface area contributed by atoms with Gasteiger partial charge in [0.2, 0.25) is 0 Å². The van der Waals surface area contributed by atoms with Gasteiger partial charge in [0, 0.05) is 0 Å². The van der Waals surface area contributed by atoms with Gasteiger partial charge >= 0.3 is 0 Å². The predicted octanol–water partition coefficient (Wildman–Crippen LogP) is 30.4. The molecular weight excluding hydrogens is 961 g/mol. The van der Waals surface area contributed by atoms with Gasteiger partial charge in [-0.3, -0.25) is 0 Å². The van der Waals surface area contributed by atoms with Gasteiger partial charge in [-0.2, -0.15) is 0 Å². The molecule has 80 heavy (non-hydrogen) atoms. The van der Waals surface area contributed by atoms with Gasteiger partial charge in [0.25, 0.3) is 0 Å². The second kappa shape index (κ2) is 59.3. The first kappa shape index (κ1) is 88.8. The van der Waals surface area contributed by atoms with Crippen LogP contribution in [0.2, 0.25) is 0 Å². The van der Waals surface area contributed by atoms with E-state index < -0.39 is 0 Å². The van der Waals surface area contributed by atoms with Gasteiger partial charge in [0.05, 0.1) is 0 Å². The van der Waals surface area contributed by atoms with Crippen LogP contribution in [0.1, 0.15) is 437 Å². The van der Waals surface area contributed by atoms with E-state index in [0.29, 0.717) is 16.2 Å². The maximum atomic E-state index is 2.54. The monoisotopic (exact) mass is 1130 g/mol. The van der Waals surface area contributed by atoms with E-state index in [2.05, 4.69) is 187 Å². The predicted molar refractivity (Wildman–Crippen MR) is 379 cm³/mol. The molecule has 0 saturated carbocycles. The quantitative estimate of drug-likeness (QED) is 0.0570. The van der Waals surface area contributed by atoms with Crippen LogP contribution >= 0.6 is 0 Å². The summed E-state index contributed by atoms with van der Waals surface area (Å²) in [5.74, 6) is 10.3. The van der Waals surface area contributed by atoms with Gasteiger partial charge < -0.3 is 0 Å². The molecule has 0 nitrogen and oxygen atoms in total. The standard InChI is InChI=1S/5C16H34/c1-7-10-12-14(4)15(5)16(6,9-3)13-11-8-2;1-7-11-13-16(6,10-4)15(12-8-2)14(5)9-3;1-6-9-11-14(4)15(5)13-16(8-3)12-10-7-2;1-6-10-12-15(9-4)13-16(11-7-2)14(5)8-3;1-6-10-12-15(8-3)14-16(5,9-4)13-11-7-2/h2*14-15H,7-13H2,1-6H3;2*14-16H,6-13H2,1-5H3;15H,6-14H2,1-5H3. The van der Waals surface area contributed by atoms with Crippen molar-refractivity contribution in [1.29, 1.82) is 0 Å². The highest BCUT2D eigenvalue weighted by molar-refractivity contribution is 4.85. The van der Waals surface area contributed by atoms with E-state index in [9.17, 15) is 0 Å². The molecule has 0 spiro atoms. The summed E-state index contributed by atoms with van der Waals surface area (Å²) in [7, 11) is 0. The van der Waals surface area contributed by atoms with Crippen LogP contribution < -0.4 is 0 Å². The molecule has 0 aliphatic heterocycles. The first-order valence-corrected chi connectivity index (χ1v) is 38.0. The van der Waals surface area contributed by atoms with Crippen LogP contribution in [0.25, 0.3) is 0 Å². The number of hydrogen-bond acceptors (Lipinski definition) is 0. The molecule has 0 aliphatic carbocycles. The van der Waals surface area contributed by atoms with Crippen LogP contribution in [-0.4, -0.2) is 0 Å². The van der Waals surface area contributed by atoms with Crippen molar-refractivity contribution in [3.8, 4) is 0 Å². The Morgan fingerprint density at radius 3 is 1.02 bits per heavy atom. The average Bonchev–Trinajstić information content (AvgIpc) is 3.48. The van der Waals surface area contributed by atoms with Gasteiger partial charge in [-0.05, 0) is 126 Å². The average molecular weight is 1130 g/mol. The maximum Gasteiger partial charge on any atom is -0.0298 e. The second-order valence-electron chi connectivity index (χ2n) is 29.1. The van der Waals surface area contributed by atoms with Crippen LogP contribution in [0.3, 0.4) is 0 Å². The molecule has 14 atom stereocenters. The van der Waals surface area contributed by atoms with E-state index >= 15 is 0 Å². The van der Waals surface area contributed by atoms with Crippen molar-refractivity contribution < 1.29 is 0 Å². The molecule has 0 saturated heterocycles. The lowest BCUT2D eigenvalue weighted by molar-refractivity contribution is 0.0932. The van der Waals surface area contributed by atoms with E-state index in [0.717, 1.165) is 65.1 Å². The Morgan fingerprint density at radius 1 is 0.275 bits per heavy atom. The molecule has 0 aromatic rings. The molecule has 14 unspecified atom stereocenters. The van der Waals surface area contributed by atoms with Gasteiger partial charge in [-0.1, -0.05) is 392 Å². The third kappa shape index (κ3) is 45.3. The van der Waals surface area contributed by atoms with Crippen molar-refractivity contribution in [2.45, 2.75) is 437 Å². The summed E-state index contributed by atoms with van der Waals surface area (Å²) < 4.78 is 0. The molecule has 0 fully saturated rings. The van der Waals surface area contributed by atoms with Gasteiger partial charge in [-0.15, -0.1) is 0 Å². The lowest BCUT2D eigenvalue weighted by Crippen LogP contribution is -2.31. The van der Waals surface area contributed by atoms with Crippen molar-refractivity contribution in [3.05, 3.63) is 0 Å². The highest BCUT2D eigenvalue weighted by Crippen LogP contribution is 2.45. The smallest absolute Gasteiger partial charge is 0.0298 e. The molecule has 0 aromatic heterocycles. The largest absolute Gasteiger partial charge is 0.0654 e. The number of hydrogen-bond donors (Lipinski definition) is 0. The minimum Gasteiger partial charge on any atom is -0.0654 e. The van der Waals surface area contributed by atoms with Gasteiger partial charge in [0.1, 0.15) is 0 Å². The summed E-state index contributed by atoms with van der Waals surface area (Å²) in [6.07, 6.45) is 54.4. The third-order valence-electron chi connectivity index (χ3n) is 22.4. The van der Waals surface area contributed by atoms with Crippen molar-refractivity contribution in [2.75, 3.05) is 0 Å². The van der Waals surface area contributed by atoms with Crippen molar-refractivity contribution in [2.24, 2.45) is 81.3 Å². The molecule has 0 amide bonds. The molecule has 0 heterocycles. The summed E-state index contributed by atoms with van der Waals surface area (Å²) in [4.78, 5) is 0. The Labute approximate surface area is 516 Å². The summed E-state index contributed by atoms with van der Waals surface area (Å²) >= 11 is 0. The Bertz CT molecular complexity index is 1160. The molecule has 0 rings (SSSR count). The topological polar surface area (TPSA) is 0 Å². The van der Waals surface area contributed by atoms with E-state index in [1.807, 2.05) is 0 Å². The fourth-order valence-corrected chi connectivity index (χ4v) is 13.9. The van der Waals surface area contributed by atoms with E-state index in [1.165, 1.54) is 250 Å². The Balaban J connectivity index is -0.000000293. The van der Waals surface area contributed by atoms with Crippen LogP contribution in [0.15, 0.2) is 0 Å². The summed E-state index contributed by atoms with van der Waals surface area (Å²) in [5.41, 5.74) is 1.77. The Morgan fingerprint density at radius 2 is 0.650 bits per heavy atom. The molecular formula is C80H170.